The minimum absolute atomic E-state index is 0.0555. The Labute approximate surface area is 192 Å². The second-order valence-corrected chi connectivity index (χ2v) is 8.90. The van der Waals surface area contributed by atoms with E-state index in [1.165, 1.54) is 10.9 Å². The van der Waals surface area contributed by atoms with Gasteiger partial charge in [0.1, 0.15) is 11.6 Å². The highest BCUT2D eigenvalue weighted by Crippen LogP contribution is 2.31. The van der Waals surface area contributed by atoms with Crippen LogP contribution in [0.1, 0.15) is 28.2 Å². The number of rotatable bonds is 7. The van der Waals surface area contributed by atoms with Crippen molar-refractivity contribution in [2.45, 2.75) is 19.0 Å². The molecule has 1 aromatic heterocycles. The third-order valence-electron chi connectivity index (χ3n) is 5.92. The predicted molar refractivity (Wildman–Crippen MR) is 127 cm³/mol. The molecule has 32 heavy (non-hydrogen) atoms. The molecule has 0 aliphatic carbocycles. The molecule has 168 valence electrons. The number of nitrogens with zero attached hydrogens (tertiary/aromatic N) is 2. The Kier molecular flexibility index (Phi) is 7.07. The van der Waals surface area contributed by atoms with Crippen LogP contribution in [0.15, 0.2) is 66.0 Å². The molecule has 1 aliphatic rings. The normalized spacial score (nSPS) is 16.4. The third-order valence-corrected chi connectivity index (χ3v) is 6.86. The summed E-state index contributed by atoms with van der Waals surface area (Å²) >= 11 is 1.70. The van der Waals surface area contributed by atoms with Gasteiger partial charge in [-0.15, -0.1) is 11.3 Å². The van der Waals surface area contributed by atoms with Gasteiger partial charge >= 0.3 is 0 Å². The van der Waals surface area contributed by atoms with Crippen LogP contribution in [-0.2, 0) is 0 Å². The number of hydrogen-bond donors (Lipinski definition) is 1. The van der Waals surface area contributed by atoms with E-state index in [9.17, 15) is 9.18 Å². The van der Waals surface area contributed by atoms with E-state index in [0.717, 1.165) is 31.9 Å². The summed E-state index contributed by atoms with van der Waals surface area (Å²) in [7, 11) is 1.61. The van der Waals surface area contributed by atoms with Gasteiger partial charge in [0.05, 0.1) is 18.8 Å². The highest BCUT2D eigenvalue weighted by atomic mass is 32.1. The number of ether oxygens (including phenoxy) is 1. The fourth-order valence-electron chi connectivity index (χ4n) is 4.26. The van der Waals surface area contributed by atoms with Crippen LogP contribution in [0.4, 0.5) is 10.1 Å². The van der Waals surface area contributed by atoms with Gasteiger partial charge < -0.3 is 15.0 Å². The molecule has 0 unspecified atom stereocenters. The van der Waals surface area contributed by atoms with Crippen molar-refractivity contribution in [2.75, 3.05) is 38.2 Å². The van der Waals surface area contributed by atoms with Crippen molar-refractivity contribution in [3.8, 4) is 5.75 Å². The van der Waals surface area contributed by atoms with E-state index in [1.54, 1.807) is 48.8 Å². The Morgan fingerprint density at radius 1 is 1.03 bits per heavy atom. The average Bonchev–Trinajstić information content (AvgIpc) is 3.34. The zero-order chi connectivity index (χ0) is 22.5. The van der Waals surface area contributed by atoms with Crippen LogP contribution in [0.5, 0.6) is 5.75 Å². The second-order valence-electron chi connectivity index (χ2n) is 7.93. The first-order valence-corrected chi connectivity index (χ1v) is 11.7. The molecule has 5 nitrogen and oxygen atoms in total. The van der Waals surface area contributed by atoms with Crippen LogP contribution in [0.25, 0.3) is 0 Å². The number of thiophene rings is 1. The number of carbonyl (C=O) groups excluding carboxylic acids is 1. The summed E-state index contributed by atoms with van der Waals surface area (Å²) in [6, 6.07) is 18.2. The quantitative estimate of drug-likeness (QED) is 0.569. The zero-order valence-corrected chi connectivity index (χ0v) is 19.1. The maximum absolute atomic E-state index is 14.2. The molecule has 7 heteroatoms. The molecule has 1 N–H and O–H groups in total. The zero-order valence-electron chi connectivity index (χ0n) is 18.3. The number of para-hydroxylation sites is 1. The Hall–Kier alpha value is -2.90. The second kappa shape index (κ2) is 10.1. The van der Waals surface area contributed by atoms with Crippen molar-refractivity contribution in [1.29, 1.82) is 0 Å². The lowest BCUT2D eigenvalue weighted by Gasteiger charge is -2.42. The predicted octanol–water partition coefficient (Wildman–Crippen LogP) is 4.58. The van der Waals surface area contributed by atoms with Crippen molar-refractivity contribution < 1.29 is 13.9 Å². The van der Waals surface area contributed by atoms with Crippen molar-refractivity contribution >= 4 is 22.9 Å². The minimum atomic E-state index is -0.184. The Balaban J connectivity index is 1.46. The van der Waals surface area contributed by atoms with Gasteiger partial charge in [-0.2, -0.15) is 0 Å². The van der Waals surface area contributed by atoms with E-state index in [1.807, 2.05) is 18.2 Å². The number of halogens is 1. The number of piperazine rings is 1. The van der Waals surface area contributed by atoms with Gasteiger partial charge in [0.25, 0.3) is 5.91 Å². The first kappa shape index (κ1) is 22.3. The number of benzene rings is 2. The summed E-state index contributed by atoms with van der Waals surface area (Å²) in [6.07, 6.45) is 0. The van der Waals surface area contributed by atoms with Gasteiger partial charge in [0.15, 0.2) is 0 Å². The molecular formula is C25H28FN3O2S. The van der Waals surface area contributed by atoms with Gasteiger partial charge in [0, 0.05) is 42.7 Å². The van der Waals surface area contributed by atoms with E-state index in [-0.39, 0.29) is 23.8 Å². The molecule has 0 saturated carbocycles. The monoisotopic (exact) mass is 453 g/mol. The molecule has 4 rings (SSSR count). The molecule has 1 amide bonds. The number of carbonyl (C=O) groups is 1. The van der Waals surface area contributed by atoms with E-state index < -0.39 is 0 Å². The van der Waals surface area contributed by atoms with E-state index in [2.05, 4.69) is 33.5 Å². The van der Waals surface area contributed by atoms with Gasteiger partial charge in [-0.25, -0.2) is 4.39 Å². The van der Waals surface area contributed by atoms with Crippen LogP contribution in [-0.4, -0.2) is 50.1 Å². The largest absolute Gasteiger partial charge is 0.497 e. The Morgan fingerprint density at radius 3 is 2.38 bits per heavy atom. The summed E-state index contributed by atoms with van der Waals surface area (Å²) in [5.41, 5.74) is 1.26. The molecule has 2 atom stereocenters. The number of anilines is 1. The van der Waals surface area contributed by atoms with Gasteiger partial charge in [-0.05, 0) is 54.8 Å². The third kappa shape index (κ3) is 4.95. The lowest BCUT2D eigenvalue weighted by molar-refractivity contribution is 0.0890. The summed E-state index contributed by atoms with van der Waals surface area (Å²) in [5.74, 6) is 0.432. The Bertz CT molecular complexity index is 1020. The molecule has 3 aromatic rings. The number of hydrogen-bond acceptors (Lipinski definition) is 5. The van der Waals surface area contributed by atoms with Crippen LogP contribution < -0.4 is 15.0 Å². The van der Waals surface area contributed by atoms with Crippen molar-refractivity contribution in [3.63, 3.8) is 0 Å². The SMILES string of the molecule is COc1ccc(C(=O)N[C@H](C)[C@H](c2cccs2)N2CCN(c3ccccc3F)CC2)cc1. The molecule has 2 aromatic carbocycles. The molecule has 1 fully saturated rings. The maximum atomic E-state index is 14.2. The minimum Gasteiger partial charge on any atom is -0.497 e. The van der Waals surface area contributed by atoms with Crippen molar-refractivity contribution in [2.24, 2.45) is 0 Å². The van der Waals surface area contributed by atoms with Crippen LogP contribution in [0.3, 0.4) is 0 Å². The van der Waals surface area contributed by atoms with Gasteiger partial charge in [-0.3, -0.25) is 9.69 Å². The van der Waals surface area contributed by atoms with E-state index >= 15 is 0 Å². The first-order chi connectivity index (χ1) is 15.6. The van der Waals surface area contributed by atoms with Crippen LogP contribution in [0, 0.1) is 5.82 Å². The molecular weight excluding hydrogens is 425 g/mol. The summed E-state index contributed by atoms with van der Waals surface area (Å²) in [4.78, 5) is 18.6. The summed E-state index contributed by atoms with van der Waals surface area (Å²) < 4.78 is 19.4. The van der Waals surface area contributed by atoms with Crippen molar-refractivity contribution in [1.82, 2.24) is 10.2 Å². The first-order valence-electron chi connectivity index (χ1n) is 10.8. The Morgan fingerprint density at radius 2 is 1.75 bits per heavy atom. The molecule has 1 saturated heterocycles. The van der Waals surface area contributed by atoms with Gasteiger partial charge in [0.2, 0.25) is 0 Å². The summed E-state index contributed by atoms with van der Waals surface area (Å²) in [5, 5.41) is 5.25. The smallest absolute Gasteiger partial charge is 0.251 e. The highest BCUT2D eigenvalue weighted by Gasteiger charge is 2.31. The lowest BCUT2D eigenvalue weighted by Crippen LogP contribution is -2.52. The average molecular weight is 454 g/mol. The van der Waals surface area contributed by atoms with Crippen molar-refractivity contribution in [3.05, 3.63) is 82.3 Å². The van der Waals surface area contributed by atoms with E-state index in [0.29, 0.717) is 11.3 Å². The molecule has 2 heterocycles. The molecule has 0 bridgehead atoms. The molecule has 0 radical (unpaired) electrons. The number of amides is 1. The van der Waals surface area contributed by atoms with E-state index in [4.69, 9.17) is 4.74 Å². The summed E-state index contributed by atoms with van der Waals surface area (Å²) in [6.45, 7) is 5.11. The number of nitrogens with one attached hydrogen (secondary N) is 1. The molecule has 0 spiro atoms. The van der Waals surface area contributed by atoms with Crippen LogP contribution >= 0.6 is 11.3 Å². The fraction of sp³-hybridized carbons (Fsp3) is 0.320. The fourth-order valence-corrected chi connectivity index (χ4v) is 5.23. The number of methoxy groups -OCH3 is 1. The van der Waals surface area contributed by atoms with Gasteiger partial charge in [-0.1, -0.05) is 18.2 Å². The standard InChI is InChI=1S/C25H28FN3O2S/c1-18(27-25(30)19-9-11-20(31-2)12-10-19)24(23-8-5-17-32-23)29-15-13-28(14-16-29)22-7-4-3-6-21(22)26/h3-12,17-18,24H,13-16H2,1-2H3,(H,27,30)/t18-,24-/m1/s1. The maximum Gasteiger partial charge on any atom is 0.251 e. The topological polar surface area (TPSA) is 44.8 Å². The lowest BCUT2D eigenvalue weighted by atomic mass is 10.0. The molecule has 1 aliphatic heterocycles. The van der Waals surface area contributed by atoms with Crippen LogP contribution in [0.2, 0.25) is 0 Å². The highest BCUT2D eigenvalue weighted by molar-refractivity contribution is 7.10.